The molecule has 2 aliphatic heterocycles. The first-order chi connectivity index (χ1) is 15.1. The molecular weight excluding hydrogens is 375 g/mol. The Morgan fingerprint density at radius 2 is 0.935 bits per heavy atom. The van der Waals surface area contributed by atoms with Gasteiger partial charge in [0.05, 0.1) is 0 Å². The summed E-state index contributed by atoms with van der Waals surface area (Å²) in [6.07, 6.45) is 0. The summed E-state index contributed by atoms with van der Waals surface area (Å²) in [4.78, 5) is 4.90. The molecule has 0 N–H and O–H groups in total. The molecule has 0 atom stereocenters. The Kier molecular flexibility index (Phi) is 3.85. The molecule has 31 heavy (non-hydrogen) atoms. The Bertz CT molecular complexity index is 1210. The van der Waals surface area contributed by atoms with E-state index in [4.69, 9.17) is 0 Å². The van der Waals surface area contributed by atoms with Crippen LogP contribution < -0.4 is 20.6 Å². The number of benzene rings is 4. The molecule has 0 spiro atoms. The van der Waals surface area contributed by atoms with E-state index in [2.05, 4.69) is 128 Å². The van der Waals surface area contributed by atoms with Gasteiger partial charge < -0.3 is 9.71 Å². The molecule has 2 heterocycles. The van der Waals surface area contributed by atoms with Gasteiger partial charge in [-0.1, -0.05) is 86.6 Å². The molecule has 0 unspecified atom stereocenters. The van der Waals surface area contributed by atoms with Crippen molar-refractivity contribution >= 4 is 40.5 Å². The molecule has 4 aromatic carbocycles. The van der Waals surface area contributed by atoms with Crippen LogP contribution in [0.1, 0.15) is 25.0 Å². The highest BCUT2D eigenvalue weighted by atomic mass is 15.1. The van der Waals surface area contributed by atoms with Gasteiger partial charge in [-0.2, -0.15) is 0 Å². The fourth-order valence-electron chi connectivity index (χ4n) is 5.60. The minimum atomic E-state index is -0.0474. The Morgan fingerprint density at radius 1 is 0.548 bits per heavy atom. The van der Waals surface area contributed by atoms with Crippen LogP contribution in [0.2, 0.25) is 0 Å². The third-order valence-corrected chi connectivity index (χ3v) is 7.12. The maximum absolute atomic E-state index is 2.57. The molecular formula is C28H25BN2. The van der Waals surface area contributed by atoms with Gasteiger partial charge in [0.1, 0.15) is 0 Å². The number of nitrogens with zero attached hydrogens (tertiary/aromatic N) is 2. The summed E-state index contributed by atoms with van der Waals surface area (Å²) in [6, 6.07) is 35.5. The average Bonchev–Trinajstić information content (AvgIpc) is 2.81. The molecule has 3 heteroatoms. The molecule has 2 nitrogen and oxygen atoms in total. The van der Waals surface area contributed by atoms with Crippen LogP contribution in [-0.4, -0.2) is 13.9 Å². The summed E-state index contributed by atoms with van der Waals surface area (Å²) in [5.74, 6) is 0. The van der Waals surface area contributed by atoms with Crippen molar-refractivity contribution in [2.75, 3.05) is 16.8 Å². The van der Waals surface area contributed by atoms with Crippen molar-refractivity contribution in [1.82, 2.24) is 0 Å². The summed E-state index contributed by atoms with van der Waals surface area (Å²) in [6.45, 7) is 4.80. The lowest BCUT2D eigenvalue weighted by Crippen LogP contribution is -2.60. The van der Waals surface area contributed by atoms with Crippen molar-refractivity contribution in [3.8, 4) is 0 Å². The van der Waals surface area contributed by atoms with Gasteiger partial charge in [-0.25, -0.2) is 0 Å². The molecule has 0 saturated heterocycles. The first-order valence-corrected chi connectivity index (χ1v) is 11.0. The van der Waals surface area contributed by atoms with E-state index in [9.17, 15) is 0 Å². The molecule has 0 aliphatic carbocycles. The van der Waals surface area contributed by atoms with Gasteiger partial charge in [-0.15, -0.1) is 0 Å². The van der Waals surface area contributed by atoms with Crippen LogP contribution >= 0.6 is 0 Å². The zero-order valence-electron chi connectivity index (χ0n) is 18.2. The summed E-state index contributed by atoms with van der Waals surface area (Å²) in [5, 5.41) is 0. The van der Waals surface area contributed by atoms with Crippen LogP contribution in [0.15, 0.2) is 97.1 Å². The van der Waals surface area contributed by atoms with Crippen LogP contribution in [0.4, 0.5) is 22.7 Å². The summed E-state index contributed by atoms with van der Waals surface area (Å²) < 4.78 is 0. The predicted octanol–water partition coefficient (Wildman–Crippen LogP) is 5.35. The molecule has 0 fully saturated rings. The van der Waals surface area contributed by atoms with Gasteiger partial charge in [-0.3, -0.25) is 0 Å². The summed E-state index contributed by atoms with van der Waals surface area (Å²) >= 11 is 0. The van der Waals surface area contributed by atoms with Gasteiger partial charge in [0.15, 0.2) is 0 Å². The predicted molar refractivity (Wildman–Crippen MR) is 133 cm³/mol. The molecule has 4 aromatic rings. The number of hydrogen-bond donors (Lipinski definition) is 0. The maximum Gasteiger partial charge on any atom is 0.332 e. The zero-order valence-corrected chi connectivity index (χ0v) is 18.2. The molecule has 150 valence electrons. The molecule has 0 amide bonds. The van der Waals surface area contributed by atoms with E-state index in [0.29, 0.717) is 0 Å². The maximum atomic E-state index is 2.57. The second-order valence-electron chi connectivity index (χ2n) is 9.11. The SMILES string of the molecule is CN1c2ccccc2B(N2c3ccccc3C(C)(C)c3ccccc32)c2ccccc21. The fraction of sp³-hybridized carbons (Fsp3) is 0.143. The van der Waals surface area contributed by atoms with Gasteiger partial charge in [0, 0.05) is 35.2 Å². The Hall–Kier alpha value is -3.46. The zero-order chi connectivity index (χ0) is 21.2. The third-order valence-electron chi connectivity index (χ3n) is 7.12. The van der Waals surface area contributed by atoms with Crippen LogP contribution in [0, 0.1) is 0 Å². The van der Waals surface area contributed by atoms with Gasteiger partial charge in [0.25, 0.3) is 0 Å². The molecule has 0 aromatic heterocycles. The minimum Gasteiger partial charge on any atom is -0.376 e. The number of fused-ring (bicyclic) bond motifs is 4. The first kappa shape index (κ1) is 18.3. The summed E-state index contributed by atoms with van der Waals surface area (Å²) in [5.41, 5.74) is 10.5. The van der Waals surface area contributed by atoms with Crippen molar-refractivity contribution in [1.29, 1.82) is 0 Å². The molecule has 0 saturated carbocycles. The Morgan fingerprint density at radius 3 is 1.42 bits per heavy atom. The number of para-hydroxylation sites is 4. The number of rotatable bonds is 1. The van der Waals surface area contributed by atoms with Crippen molar-refractivity contribution in [3.05, 3.63) is 108 Å². The standard InChI is InChI=1S/C28H25BN2/c1-28(2)20-12-4-8-16-24(20)31(25-17-9-5-13-21(25)28)29-22-14-6-10-18-26(22)30(3)27-19-11-7-15-23(27)29/h4-19H,1-3H3. The lowest BCUT2D eigenvalue weighted by atomic mass is 9.45. The smallest absolute Gasteiger partial charge is 0.332 e. The van der Waals surface area contributed by atoms with E-state index in [-0.39, 0.29) is 12.3 Å². The number of hydrogen-bond acceptors (Lipinski definition) is 2. The molecule has 0 radical (unpaired) electrons. The van der Waals surface area contributed by atoms with Crippen LogP contribution in [0.25, 0.3) is 0 Å². The fourth-order valence-corrected chi connectivity index (χ4v) is 5.60. The monoisotopic (exact) mass is 400 g/mol. The Labute approximate surface area is 184 Å². The molecule has 2 aliphatic rings. The average molecular weight is 400 g/mol. The lowest BCUT2D eigenvalue weighted by molar-refractivity contribution is 0.634. The topological polar surface area (TPSA) is 6.48 Å². The van der Waals surface area contributed by atoms with E-state index < -0.39 is 0 Å². The van der Waals surface area contributed by atoms with Crippen molar-refractivity contribution in [2.24, 2.45) is 0 Å². The number of anilines is 4. The van der Waals surface area contributed by atoms with Crippen molar-refractivity contribution in [3.63, 3.8) is 0 Å². The van der Waals surface area contributed by atoms with Gasteiger partial charge in [-0.05, 0) is 46.3 Å². The summed E-state index contributed by atoms with van der Waals surface area (Å²) in [7, 11) is 2.18. The van der Waals surface area contributed by atoms with Crippen molar-refractivity contribution in [2.45, 2.75) is 19.3 Å². The highest BCUT2D eigenvalue weighted by Crippen LogP contribution is 2.49. The highest BCUT2D eigenvalue weighted by molar-refractivity contribution is 6.91. The Balaban J connectivity index is 1.70. The van der Waals surface area contributed by atoms with Crippen molar-refractivity contribution < 1.29 is 0 Å². The van der Waals surface area contributed by atoms with Crippen LogP contribution in [0.3, 0.4) is 0 Å². The van der Waals surface area contributed by atoms with Gasteiger partial charge in [0.2, 0.25) is 0 Å². The second-order valence-corrected chi connectivity index (χ2v) is 9.11. The molecule has 0 bridgehead atoms. The van der Waals surface area contributed by atoms with E-state index in [1.54, 1.807) is 0 Å². The minimum absolute atomic E-state index is 0.0474. The van der Waals surface area contributed by atoms with Gasteiger partial charge >= 0.3 is 6.85 Å². The first-order valence-electron chi connectivity index (χ1n) is 11.0. The van der Waals surface area contributed by atoms with Crippen LogP contribution in [-0.2, 0) is 5.41 Å². The van der Waals surface area contributed by atoms with E-state index in [1.165, 1.54) is 44.8 Å². The van der Waals surface area contributed by atoms with E-state index in [0.717, 1.165) is 0 Å². The quantitative estimate of drug-likeness (QED) is 0.398. The lowest BCUT2D eigenvalue weighted by Gasteiger charge is -2.47. The largest absolute Gasteiger partial charge is 0.376 e. The van der Waals surface area contributed by atoms with E-state index in [1.807, 2.05) is 0 Å². The highest BCUT2D eigenvalue weighted by Gasteiger charge is 2.44. The molecule has 6 rings (SSSR count). The van der Waals surface area contributed by atoms with E-state index >= 15 is 0 Å². The second kappa shape index (κ2) is 6.52. The van der Waals surface area contributed by atoms with Crippen LogP contribution in [0.5, 0.6) is 0 Å². The normalized spacial score (nSPS) is 15.6. The third kappa shape index (κ3) is 2.47.